The minimum absolute atomic E-state index is 0.250. The Balaban J connectivity index is 2.28. The van der Waals surface area contributed by atoms with Gasteiger partial charge in [0.15, 0.2) is 0 Å². The number of hydrogen-bond acceptors (Lipinski definition) is 2. The minimum Gasteiger partial charge on any atom is -0.315 e. The summed E-state index contributed by atoms with van der Waals surface area (Å²) >= 11 is 0. The molecule has 1 aromatic rings. The van der Waals surface area contributed by atoms with E-state index in [1.165, 1.54) is 11.1 Å². The number of amides is 1. The van der Waals surface area contributed by atoms with E-state index in [9.17, 15) is 4.79 Å². The van der Waals surface area contributed by atoms with Crippen LogP contribution in [0.15, 0.2) is 18.2 Å². The van der Waals surface area contributed by atoms with Gasteiger partial charge in [0, 0.05) is 25.2 Å². The first-order chi connectivity index (χ1) is 8.18. The van der Waals surface area contributed by atoms with E-state index in [2.05, 4.69) is 37.4 Å². The van der Waals surface area contributed by atoms with Crippen molar-refractivity contribution in [3.8, 4) is 0 Å². The van der Waals surface area contributed by atoms with Crippen molar-refractivity contribution in [3.63, 3.8) is 0 Å². The molecule has 1 saturated heterocycles. The molecule has 17 heavy (non-hydrogen) atoms. The van der Waals surface area contributed by atoms with Crippen LogP contribution in [0.1, 0.15) is 24.0 Å². The van der Waals surface area contributed by atoms with Crippen LogP contribution in [0, 0.1) is 13.8 Å². The van der Waals surface area contributed by atoms with E-state index in [-0.39, 0.29) is 5.91 Å². The van der Waals surface area contributed by atoms with Crippen LogP contribution in [0.25, 0.3) is 0 Å². The Kier molecular flexibility index (Phi) is 3.79. The molecular weight excluding hydrogens is 212 g/mol. The fourth-order valence-electron chi connectivity index (χ4n) is 2.21. The molecule has 1 heterocycles. The fourth-order valence-corrected chi connectivity index (χ4v) is 2.21. The van der Waals surface area contributed by atoms with E-state index >= 15 is 0 Å². The summed E-state index contributed by atoms with van der Waals surface area (Å²) < 4.78 is 0. The minimum atomic E-state index is 0.250. The summed E-state index contributed by atoms with van der Waals surface area (Å²) in [5.74, 6) is 0.250. The summed E-state index contributed by atoms with van der Waals surface area (Å²) in [6.07, 6.45) is 1.57. The van der Waals surface area contributed by atoms with Crippen molar-refractivity contribution >= 4 is 11.6 Å². The van der Waals surface area contributed by atoms with Gasteiger partial charge in [-0.2, -0.15) is 0 Å². The summed E-state index contributed by atoms with van der Waals surface area (Å²) in [6.45, 7) is 6.72. The Bertz CT molecular complexity index is 415. The summed E-state index contributed by atoms with van der Waals surface area (Å²) in [4.78, 5) is 14.1. The Hall–Kier alpha value is -1.35. The zero-order valence-corrected chi connectivity index (χ0v) is 10.6. The van der Waals surface area contributed by atoms with E-state index in [0.29, 0.717) is 6.42 Å². The molecule has 0 spiro atoms. The van der Waals surface area contributed by atoms with Gasteiger partial charge in [-0.25, -0.2) is 0 Å². The maximum atomic E-state index is 12.1. The smallest absolute Gasteiger partial charge is 0.227 e. The molecule has 2 rings (SSSR count). The normalized spacial score (nSPS) is 17.8. The zero-order chi connectivity index (χ0) is 12.3. The van der Waals surface area contributed by atoms with Gasteiger partial charge in [-0.15, -0.1) is 0 Å². The Morgan fingerprint density at radius 2 is 2.06 bits per heavy atom. The van der Waals surface area contributed by atoms with Crippen LogP contribution in [0.2, 0.25) is 0 Å². The second-order valence-corrected chi connectivity index (χ2v) is 4.69. The first-order valence-electron chi connectivity index (χ1n) is 6.27. The molecule has 1 aliphatic rings. The third kappa shape index (κ3) is 2.86. The number of anilines is 1. The second-order valence-electron chi connectivity index (χ2n) is 4.69. The topological polar surface area (TPSA) is 32.3 Å². The van der Waals surface area contributed by atoms with Gasteiger partial charge in [0.05, 0.1) is 0 Å². The lowest BCUT2D eigenvalue weighted by atomic mass is 10.1. The zero-order valence-electron chi connectivity index (χ0n) is 10.6. The summed E-state index contributed by atoms with van der Waals surface area (Å²) in [6, 6.07) is 6.28. The van der Waals surface area contributed by atoms with Gasteiger partial charge < -0.3 is 10.2 Å². The molecule has 3 heteroatoms. The number of rotatable bonds is 1. The van der Waals surface area contributed by atoms with E-state index in [1.54, 1.807) is 0 Å². The van der Waals surface area contributed by atoms with Crippen molar-refractivity contribution in [2.24, 2.45) is 0 Å². The highest BCUT2D eigenvalue weighted by molar-refractivity contribution is 5.94. The number of aryl methyl sites for hydroxylation is 2. The van der Waals surface area contributed by atoms with Crippen LogP contribution < -0.4 is 10.2 Å². The standard InChI is InChI=1S/C14H20N2O/c1-11-5-6-12(2)13(10-11)16-9-8-15-7-3-4-14(16)17/h5-6,10,15H,3-4,7-9H2,1-2H3. The molecule has 1 N–H and O–H groups in total. The third-order valence-electron chi connectivity index (χ3n) is 3.21. The van der Waals surface area contributed by atoms with E-state index in [4.69, 9.17) is 0 Å². The maximum Gasteiger partial charge on any atom is 0.227 e. The molecular formula is C14H20N2O. The van der Waals surface area contributed by atoms with Gasteiger partial charge in [0.2, 0.25) is 5.91 Å². The Morgan fingerprint density at radius 1 is 1.24 bits per heavy atom. The lowest BCUT2D eigenvalue weighted by Gasteiger charge is -2.27. The molecule has 0 aromatic heterocycles. The SMILES string of the molecule is Cc1ccc(C)c(N2CCNCCCC2=O)c1. The summed E-state index contributed by atoms with van der Waals surface area (Å²) in [5.41, 5.74) is 3.44. The van der Waals surface area contributed by atoms with Crippen molar-refractivity contribution in [2.45, 2.75) is 26.7 Å². The molecule has 1 fully saturated rings. The van der Waals surface area contributed by atoms with Gasteiger partial charge >= 0.3 is 0 Å². The number of hydrogen-bond donors (Lipinski definition) is 1. The number of carbonyl (C=O) groups excluding carboxylic acids is 1. The van der Waals surface area contributed by atoms with Gasteiger partial charge in [-0.3, -0.25) is 4.79 Å². The van der Waals surface area contributed by atoms with Gasteiger partial charge in [-0.1, -0.05) is 12.1 Å². The molecule has 0 radical (unpaired) electrons. The molecule has 3 nitrogen and oxygen atoms in total. The highest BCUT2D eigenvalue weighted by atomic mass is 16.2. The predicted molar refractivity (Wildman–Crippen MR) is 70.4 cm³/mol. The molecule has 0 unspecified atom stereocenters. The average Bonchev–Trinajstić information content (AvgIpc) is 2.28. The van der Waals surface area contributed by atoms with Gasteiger partial charge in [0.1, 0.15) is 0 Å². The highest BCUT2D eigenvalue weighted by Crippen LogP contribution is 2.22. The summed E-state index contributed by atoms with van der Waals surface area (Å²) in [7, 11) is 0. The first-order valence-corrected chi connectivity index (χ1v) is 6.27. The van der Waals surface area contributed by atoms with Crippen LogP contribution in [0.3, 0.4) is 0 Å². The van der Waals surface area contributed by atoms with Crippen molar-refractivity contribution in [1.29, 1.82) is 0 Å². The van der Waals surface area contributed by atoms with Crippen LogP contribution >= 0.6 is 0 Å². The lowest BCUT2D eigenvalue weighted by molar-refractivity contribution is -0.118. The highest BCUT2D eigenvalue weighted by Gasteiger charge is 2.18. The van der Waals surface area contributed by atoms with Crippen molar-refractivity contribution in [3.05, 3.63) is 29.3 Å². The van der Waals surface area contributed by atoms with Gasteiger partial charge in [0.25, 0.3) is 0 Å². The molecule has 1 aliphatic heterocycles. The third-order valence-corrected chi connectivity index (χ3v) is 3.21. The Labute approximate surface area is 103 Å². The molecule has 92 valence electrons. The predicted octanol–water partition coefficient (Wildman–Crippen LogP) is 2.02. The first kappa shape index (κ1) is 12.1. The molecule has 0 aliphatic carbocycles. The van der Waals surface area contributed by atoms with Crippen LogP contribution in [0.4, 0.5) is 5.69 Å². The molecule has 0 saturated carbocycles. The monoisotopic (exact) mass is 232 g/mol. The van der Waals surface area contributed by atoms with Crippen LogP contribution in [-0.4, -0.2) is 25.5 Å². The van der Waals surface area contributed by atoms with Crippen molar-refractivity contribution < 1.29 is 4.79 Å². The molecule has 0 atom stereocenters. The lowest BCUT2D eigenvalue weighted by Crippen LogP contribution is -2.40. The Morgan fingerprint density at radius 3 is 2.88 bits per heavy atom. The molecule has 1 amide bonds. The number of nitrogens with one attached hydrogen (secondary N) is 1. The van der Waals surface area contributed by atoms with Crippen LogP contribution in [0.5, 0.6) is 0 Å². The van der Waals surface area contributed by atoms with Crippen molar-refractivity contribution in [2.75, 3.05) is 24.5 Å². The van der Waals surface area contributed by atoms with E-state index in [1.807, 2.05) is 4.90 Å². The second kappa shape index (κ2) is 5.32. The van der Waals surface area contributed by atoms with Crippen molar-refractivity contribution in [1.82, 2.24) is 5.32 Å². The van der Waals surface area contributed by atoms with Crippen LogP contribution in [-0.2, 0) is 4.79 Å². The maximum absolute atomic E-state index is 12.1. The number of carbonyl (C=O) groups is 1. The average molecular weight is 232 g/mol. The molecule has 0 bridgehead atoms. The fraction of sp³-hybridized carbons (Fsp3) is 0.500. The van der Waals surface area contributed by atoms with E-state index in [0.717, 1.165) is 31.7 Å². The quantitative estimate of drug-likeness (QED) is 0.803. The molecule has 1 aromatic carbocycles. The van der Waals surface area contributed by atoms with E-state index < -0.39 is 0 Å². The largest absolute Gasteiger partial charge is 0.315 e. The number of nitrogens with zero attached hydrogens (tertiary/aromatic N) is 1. The van der Waals surface area contributed by atoms with Gasteiger partial charge in [-0.05, 0) is 44.0 Å². The summed E-state index contributed by atoms with van der Waals surface area (Å²) in [5, 5.41) is 3.35. The number of benzene rings is 1.